The van der Waals surface area contributed by atoms with Crippen LogP contribution in [-0.2, 0) is 6.42 Å². The Morgan fingerprint density at radius 1 is 1.18 bits per heavy atom. The summed E-state index contributed by atoms with van der Waals surface area (Å²) < 4.78 is 5.27. The van der Waals surface area contributed by atoms with Crippen molar-refractivity contribution in [3.8, 4) is 5.75 Å². The Balaban J connectivity index is 2.38. The van der Waals surface area contributed by atoms with Crippen LogP contribution in [0.3, 0.4) is 0 Å². The Bertz CT molecular complexity index is 710. The second kappa shape index (κ2) is 6.93. The molecule has 0 aliphatic heterocycles. The predicted molar refractivity (Wildman–Crippen MR) is 86.7 cm³/mol. The second-order valence-electron chi connectivity index (χ2n) is 5.03. The van der Waals surface area contributed by atoms with Crippen molar-refractivity contribution in [2.75, 3.05) is 20.7 Å². The summed E-state index contributed by atoms with van der Waals surface area (Å²) in [7, 11) is 3.20. The fourth-order valence-electron chi connectivity index (χ4n) is 2.35. The zero-order chi connectivity index (χ0) is 16.1. The number of hydrogen-bond acceptors (Lipinski definition) is 3. The summed E-state index contributed by atoms with van der Waals surface area (Å²) in [5.74, 6) is 0.793. The van der Waals surface area contributed by atoms with Crippen molar-refractivity contribution >= 4 is 22.6 Å². The van der Waals surface area contributed by atoms with E-state index < -0.39 is 0 Å². The van der Waals surface area contributed by atoms with Gasteiger partial charge in [-0.1, -0.05) is 6.07 Å². The molecular weight excluding hydrogens is 280 g/mol. The Kier molecular flexibility index (Phi) is 4.99. The average Bonchev–Trinajstić information content (AvgIpc) is 2.53. The van der Waals surface area contributed by atoms with Crippen molar-refractivity contribution in [1.82, 2.24) is 10.6 Å². The van der Waals surface area contributed by atoms with Crippen LogP contribution in [-0.4, -0.2) is 32.5 Å². The molecule has 5 nitrogen and oxygen atoms in total. The van der Waals surface area contributed by atoms with E-state index in [1.165, 1.54) is 0 Å². The van der Waals surface area contributed by atoms with Crippen LogP contribution >= 0.6 is 0 Å². The number of methoxy groups -OCH3 is 1. The van der Waals surface area contributed by atoms with E-state index in [4.69, 9.17) is 4.74 Å². The first-order chi connectivity index (χ1) is 10.5. The summed E-state index contributed by atoms with van der Waals surface area (Å²) in [4.78, 5) is 22.9. The van der Waals surface area contributed by atoms with Gasteiger partial charge < -0.3 is 15.4 Å². The molecule has 0 aliphatic carbocycles. The molecule has 22 heavy (non-hydrogen) atoms. The molecule has 0 saturated carbocycles. The minimum absolute atomic E-state index is 0.0261. The van der Waals surface area contributed by atoms with Crippen LogP contribution in [0, 0.1) is 0 Å². The number of amides is 2. The Morgan fingerprint density at radius 2 is 1.95 bits per heavy atom. The number of hydrogen-bond donors (Lipinski definition) is 2. The first kappa shape index (κ1) is 15.8. The smallest absolute Gasteiger partial charge is 0.314 e. The zero-order valence-corrected chi connectivity index (χ0v) is 13.0. The van der Waals surface area contributed by atoms with Crippen molar-refractivity contribution in [1.29, 1.82) is 0 Å². The second-order valence-corrected chi connectivity index (χ2v) is 5.03. The predicted octanol–water partition coefficient (Wildman–Crippen LogP) is 2.52. The first-order valence-electron chi connectivity index (χ1n) is 7.12. The lowest BCUT2D eigenvalue weighted by atomic mass is 9.97. The summed E-state index contributed by atoms with van der Waals surface area (Å²) in [6.07, 6.45) is 0.637. The number of ether oxygens (including phenoxy) is 1. The molecule has 0 heterocycles. The molecule has 0 aromatic heterocycles. The highest BCUT2D eigenvalue weighted by Gasteiger charge is 2.09. The maximum atomic E-state index is 11.7. The van der Waals surface area contributed by atoms with Gasteiger partial charge >= 0.3 is 6.03 Å². The van der Waals surface area contributed by atoms with Crippen LogP contribution in [0.1, 0.15) is 22.8 Å². The van der Waals surface area contributed by atoms with Crippen molar-refractivity contribution in [2.45, 2.75) is 13.3 Å². The molecule has 0 spiro atoms. The van der Waals surface area contributed by atoms with Crippen LogP contribution in [0.5, 0.6) is 5.75 Å². The highest BCUT2D eigenvalue weighted by atomic mass is 16.5. The Hall–Kier alpha value is -2.56. The van der Waals surface area contributed by atoms with Gasteiger partial charge in [0.25, 0.3) is 0 Å². The van der Waals surface area contributed by atoms with Gasteiger partial charge in [-0.2, -0.15) is 0 Å². The number of urea groups is 1. The minimum atomic E-state index is -0.218. The van der Waals surface area contributed by atoms with E-state index in [0.29, 0.717) is 18.5 Å². The standard InChI is InChI=1S/C17H20N2O3/c1-11(20)14-8-12-4-5-15(22-3)10-16(12)13(9-14)6-7-19-17(21)18-2/h4-5,8-10H,6-7H2,1-3H3,(H2,18,19,21). The van der Waals surface area contributed by atoms with E-state index >= 15 is 0 Å². The maximum Gasteiger partial charge on any atom is 0.314 e. The topological polar surface area (TPSA) is 67.4 Å². The molecule has 0 atom stereocenters. The summed E-state index contributed by atoms with van der Waals surface area (Å²) in [6.45, 7) is 2.05. The van der Waals surface area contributed by atoms with Gasteiger partial charge in [0.15, 0.2) is 5.78 Å². The van der Waals surface area contributed by atoms with Crippen molar-refractivity contribution < 1.29 is 14.3 Å². The van der Waals surface area contributed by atoms with Gasteiger partial charge in [-0.25, -0.2) is 4.79 Å². The van der Waals surface area contributed by atoms with Crippen LogP contribution in [0.2, 0.25) is 0 Å². The summed E-state index contributed by atoms with van der Waals surface area (Å²) >= 11 is 0. The maximum absolute atomic E-state index is 11.7. The number of rotatable bonds is 5. The number of benzene rings is 2. The van der Waals surface area contributed by atoms with Crippen LogP contribution < -0.4 is 15.4 Å². The molecule has 2 aromatic carbocycles. The lowest BCUT2D eigenvalue weighted by molar-refractivity contribution is 0.101. The van der Waals surface area contributed by atoms with E-state index in [1.54, 1.807) is 21.1 Å². The zero-order valence-electron chi connectivity index (χ0n) is 13.0. The number of nitrogens with one attached hydrogen (secondary N) is 2. The quantitative estimate of drug-likeness (QED) is 0.834. The van der Waals surface area contributed by atoms with Crippen LogP contribution in [0.4, 0.5) is 4.79 Å². The number of carbonyl (C=O) groups excluding carboxylic acids is 2. The van der Waals surface area contributed by atoms with E-state index in [2.05, 4.69) is 10.6 Å². The molecule has 0 unspecified atom stereocenters. The largest absolute Gasteiger partial charge is 0.497 e. The Morgan fingerprint density at radius 3 is 2.59 bits per heavy atom. The lowest BCUT2D eigenvalue weighted by Gasteiger charge is -2.11. The summed E-state index contributed by atoms with van der Waals surface area (Å²) in [6, 6.07) is 9.32. The highest BCUT2D eigenvalue weighted by Crippen LogP contribution is 2.26. The highest BCUT2D eigenvalue weighted by molar-refractivity contribution is 6.00. The normalized spacial score (nSPS) is 10.3. The van der Waals surface area contributed by atoms with Crippen molar-refractivity contribution in [2.24, 2.45) is 0 Å². The molecule has 2 N–H and O–H groups in total. The average molecular weight is 300 g/mol. The van der Waals surface area contributed by atoms with Crippen LogP contribution in [0.25, 0.3) is 10.8 Å². The molecule has 5 heteroatoms. The first-order valence-corrected chi connectivity index (χ1v) is 7.12. The lowest BCUT2D eigenvalue weighted by Crippen LogP contribution is -2.34. The van der Waals surface area contributed by atoms with Crippen molar-refractivity contribution in [3.63, 3.8) is 0 Å². The number of fused-ring (bicyclic) bond motifs is 1. The molecule has 2 amide bonds. The van der Waals surface area contributed by atoms with E-state index in [-0.39, 0.29) is 11.8 Å². The monoisotopic (exact) mass is 300 g/mol. The number of ketones is 1. The molecule has 0 bridgehead atoms. The number of carbonyl (C=O) groups is 2. The molecule has 0 fully saturated rings. The SMILES string of the molecule is CNC(=O)NCCc1cc(C(C)=O)cc2ccc(OC)cc12. The van der Waals surface area contributed by atoms with Gasteiger partial charge in [0.2, 0.25) is 0 Å². The van der Waals surface area contributed by atoms with Gasteiger partial charge in [0.1, 0.15) is 5.75 Å². The summed E-state index contributed by atoms with van der Waals surface area (Å²) in [5.41, 5.74) is 1.69. The minimum Gasteiger partial charge on any atom is -0.497 e. The van der Waals surface area contributed by atoms with E-state index in [0.717, 1.165) is 22.1 Å². The van der Waals surface area contributed by atoms with Gasteiger partial charge in [-0.15, -0.1) is 0 Å². The third-order valence-electron chi connectivity index (χ3n) is 3.56. The molecule has 0 radical (unpaired) electrons. The van der Waals surface area contributed by atoms with E-state index in [9.17, 15) is 9.59 Å². The molecule has 0 saturated heterocycles. The third-order valence-corrected chi connectivity index (χ3v) is 3.56. The fraction of sp³-hybridized carbons (Fsp3) is 0.294. The van der Waals surface area contributed by atoms with Gasteiger partial charge in [-0.3, -0.25) is 4.79 Å². The van der Waals surface area contributed by atoms with E-state index in [1.807, 2.05) is 30.3 Å². The molecule has 116 valence electrons. The fourth-order valence-corrected chi connectivity index (χ4v) is 2.35. The van der Waals surface area contributed by atoms with Gasteiger partial charge in [0.05, 0.1) is 7.11 Å². The van der Waals surface area contributed by atoms with Gasteiger partial charge in [-0.05, 0) is 53.9 Å². The number of Topliss-reactive ketones (excluding diaryl/α,β-unsaturated/α-hetero) is 1. The third kappa shape index (κ3) is 3.55. The molecule has 2 aromatic rings. The Labute approximate surface area is 129 Å². The molecule has 0 aliphatic rings. The van der Waals surface area contributed by atoms with Crippen LogP contribution in [0.15, 0.2) is 30.3 Å². The molecule has 2 rings (SSSR count). The van der Waals surface area contributed by atoms with Crippen molar-refractivity contribution in [3.05, 3.63) is 41.5 Å². The molecular formula is C17H20N2O3. The summed E-state index contributed by atoms with van der Waals surface area (Å²) in [5, 5.41) is 7.29. The van der Waals surface area contributed by atoms with Gasteiger partial charge in [0, 0.05) is 19.2 Å².